The molecule has 34 heavy (non-hydrogen) atoms. The Morgan fingerprint density at radius 2 is 2.12 bits per heavy atom. The normalized spacial score (nSPS) is 17.3. The number of sulfonamides is 1. The molecule has 0 N–H and O–H groups in total. The number of carbonyl (C=O) groups is 1. The van der Waals surface area contributed by atoms with Gasteiger partial charge in [-0.25, -0.2) is 13.4 Å². The van der Waals surface area contributed by atoms with E-state index in [-0.39, 0.29) is 16.7 Å². The first kappa shape index (κ1) is 23.5. The molecule has 0 radical (unpaired) electrons. The lowest BCUT2D eigenvalue weighted by Gasteiger charge is -2.35. The van der Waals surface area contributed by atoms with Crippen molar-refractivity contribution in [3.8, 4) is 0 Å². The van der Waals surface area contributed by atoms with Gasteiger partial charge in [-0.1, -0.05) is 41.5 Å². The van der Waals surface area contributed by atoms with Crippen molar-refractivity contribution in [3.05, 3.63) is 64.4 Å². The predicted molar refractivity (Wildman–Crippen MR) is 135 cm³/mol. The molecular weight excluding hydrogens is 514 g/mol. The molecule has 4 aromatic rings. The molecular formula is C23H22ClN3O4S3. The van der Waals surface area contributed by atoms with Crippen LogP contribution in [-0.4, -0.2) is 36.2 Å². The molecule has 1 amide bonds. The second kappa shape index (κ2) is 9.43. The summed E-state index contributed by atoms with van der Waals surface area (Å²) in [6, 6.07) is 9.71. The van der Waals surface area contributed by atoms with Gasteiger partial charge in [0, 0.05) is 6.54 Å². The summed E-state index contributed by atoms with van der Waals surface area (Å²) >= 11 is 8.90. The van der Waals surface area contributed by atoms with Crippen molar-refractivity contribution in [1.82, 2.24) is 9.29 Å². The Morgan fingerprint density at radius 3 is 2.82 bits per heavy atom. The maximum atomic E-state index is 14.0. The molecule has 1 aliphatic rings. The van der Waals surface area contributed by atoms with Crippen molar-refractivity contribution < 1.29 is 17.6 Å². The van der Waals surface area contributed by atoms with Crippen LogP contribution in [-0.2, 0) is 21.4 Å². The maximum absolute atomic E-state index is 14.0. The number of amides is 1. The van der Waals surface area contributed by atoms with Crippen LogP contribution in [0.3, 0.4) is 0 Å². The summed E-state index contributed by atoms with van der Waals surface area (Å²) in [6.45, 7) is 2.39. The van der Waals surface area contributed by atoms with E-state index in [9.17, 15) is 13.2 Å². The summed E-state index contributed by atoms with van der Waals surface area (Å²) in [4.78, 5) is 20.3. The molecule has 5 rings (SSSR count). The number of nitrogens with zero attached hydrogens (tertiary/aromatic N) is 3. The minimum Gasteiger partial charge on any atom is -0.467 e. The Kier molecular flexibility index (Phi) is 6.51. The molecule has 1 unspecified atom stereocenters. The number of rotatable bonds is 6. The molecule has 1 atom stereocenters. The summed E-state index contributed by atoms with van der Waals surface area (Å²) in [5.74, 6) is 0.267. The van der Waals surface area contributed by atoms with E-state index in [4.69, 9.17) is 21.0 Å². The van der Waals surface area contributed by atoms with Crippen LogP contribution in [0.15, 0.2) is 56.7 Å². The number of carbonyl (C=O) groups excluding carboxylic acids is 1. The number of aromatic nitrogens is 1. The molecule has 1 aliphatic heterocycles. The van der Waals surface area contributed by atoms with Crippen LogP contribution >= 0.6 is 34.3 Å². The van der Waals surface area contributed by atoms with Gasteiger partial charge < -0.3 is 4.42 Å². The molecule has 7 nitrogen and oxygen atoms in total. The maximum Gasteiger partial charge on any atom is 0.253 e. The Bertz CT molecular complexity index is 1380. The fourth-order valence-electron chi connectivity index (χ4n) is 4.15. The Balaban J connectivity index is 1.56. The number of thiazole rings is 1. The second-order valence-corrected chi connectivity index (χ2v) is 12.6. The van der Waals surface area contributed by atoms with Gasteiger partial charge in [0.1, 0.15) is 16.0 Å². The van der Waals surface area contributed by atoms with Crippen molar-refractivity contribution in [1.29, 1.82) is 0 Å². The van der Waals surface area contributed by atoms with Gasteiger partial charge >= 0.3 is 0 Å². The van der Waals surface area contributed by atoms with E-state index in [2.05, 4.69) is 0 Å². The molecule has 0 saturated carbocycles. The largest absolute Gasteiger partial charge is 0.467 e. The molecule has 1 aromatic carbocycles. The highest BCUT2D eigenvalue weighted by molar-refractivity contribution is 7.91. The van der Waals surface area contributed by atoms with Crippen LogP contribution < -0.4 is 4.90 Å². The van der Waals surface area contributed by atoms with Crippen LogP contribution in [0, 0.1) is 6.92 Å². The van der Waals surface area contributed by atoms with Crippen molar-refractivity contribution in [2.45, 2.75) is 43.0 Å². The van der Waals surface area contributed by atoms with E-state index in [1.807, 2.05) is 19.1 Å². The van der Waals surface area contributed by atoms with Crippen LogP contribution in [0.25, 0.3) is 10.2 Å². The van der Waals surface area contributed by atoms with Crippen LogP contribution in [0.1, 0.15) is 30.6 Å². The number of halogens is 1. The molecule has 4 heterocycles. The first-order valence-corrected chi connectivity index (χ1v) is 14.3. The minimum absolute atomic E-state index is 0.145. The average molecular weight is 536 g/mol. The number of thiophene rings is 1. The Hall–Kier alpha value is -2.24. The van der Waals surface area contributed by atoms with Crippen molar-refractivity contribution >= 4 is 65.6 Å². The average Bonchev–Trinajstić information content (AvgIpc) is 3.61. The number of hydrogen-bond acceptors (Lipinski definition) is 7. The fourth-order valence-corrected chi connectivity index (χ4v) is 8.24. The number of aryl methyl sites for hydroxylation is 1. The van der Waals surface area contributed by atoms with Crippen molar-refractivity contribution in [2.24, 2.45) is 0 Å². The van der Waals surface area contributed by atoms with Gasteiger partial charge in [0.05, 0.1) is 28.0 Å². The molecule has 0 bridgehead atoms. The summed E-state index contributed by atoms with van der Waals surface area (Å²) < 4.78 is 34.7. The standard InChI is InChI=1S/C23H22ClN3O4S3/c1-15-9-10-17(24)21-20(15)25-23(33-21)26(14-16-6-4-12-31-16)22(28)18-7-2-3-11-27(18)34(29,30)19-8-5-13-32-19/h4-6,8-10,12-13,18H,2-3,7,11,14H2,1H3. The number of piperidine rings is 1. The first-order valence-electron chi connectivity index (χ1n) is 10.8. The van der Waals surface area contributed by atoms with E-state index < -0.39 is 16.1 Å². The quantitative estimate of drug-likeness (QED) is 0.317. The first-order chi connectivity index (χ1) is 16.4. The molecule has 178 valence electrons. The molecule has 0 spiro atoms. The topological polar surface area (TPSA) is 83.7 Å². The zero-order chi connectivity index (χ0) is 23.9. The monoisotopic (exact) mass is 535 g/mol. The summed E-state index contributed by atoms with van der Waals surface area (Å²) in [7, 11) is -3.79. The lowest BCUT2D eigenvalue weighted by atomic mass is 10.0. The van der Waals surface area contributed by atoms with Gasteiger partial charge in [-0.3, -0.25) is 9.69 Å². The summed E-state index contributed by atoms with van der Waals surface area (Å²) in [5.41, 5.74) is 1.68. The number of fused-ring (bicyclic) bond motifs is 1. The lowest BCUT2D eigenvalue weighted by Crippen LogP contribution is -2.52. The highest BCUT2D eigenvalue weighted by Crippen LogP contribution is 2.37. The van der Waals surface area contributed by atoms with Crippen molar-refractivity contribution in [3.63, 3.8) is 0 Å². The third-order valence-corrected chi connectivity index (χ3v) is 10.7. The van der Waals surface area contributed by atoms with Gasteiger partial charge in [-0.2, -0.15) is 4.31 Å². The number of anilines is 1. The summed E-state index contributed by atoms with van der Waals surface area (Å²) in [5, 5.41) is 2.75. The second-order valence-electron chi connectivity index (χ2n) is 8.10. The Morgan fingerprint density at radius 1 is 1.26 bits per heavy atom. The van der Waals surface area contributed by atoms with E-state index in [1.165, 1.54) is 20.5 Å². The van der Waals surface area contributed by atoms with E-state index in [0.717, 1.165) is 33.5 Å². The highest BCUT2D eigenvalue weighted by atomic mass is 35.5. The predicted octanol–water partition coefficient (Wildman–Crippen LogP) is 5.69. The van der Waals surface area contributed by atoms with E-state index in [1.54, 1.807) is 35.9 Å². The highest BCUT2D eigenvalue weighted by Gasteiger charge is 2.41. The van der Waals surface area contributed by atoms with Crippen molar-refractivity contribution in [2.75, 3.05) is 11.4 Å². The number of benzene rings is 1. The van der Waals surface area contributed by atoms with Gasteiger partial charge in [-0.05, 0) is 55.0 Å². The van der Waals surface area contributed by atoms with Crippen LogP contribution in [0.5, 0.6) is 0 Å². The molecule has 0 aliphatic carbocycles. The zero-order valence-corrected chi connectivity index (χ0v) is 21.5. The fraction of sp³-hybridized carbons (Fsp3) is 0.304. The van der Waals surface area contributed by atoms with Crippen LogP contribution in [0.4, 0.5) is 5.13 Å². The minimum atomic E-state index is -3.79. The van der Waals surface area contributed by atoms with Gasteiger partial charge in [0.25, 0.3) is 10.0 Å². The molecule has 11 heteroatoms. The SMILES string of the molecule is Cc1ccc(Cl)c2sc(N(Cc3ccco3)C(=O)C3CCCCN3S(=O)(=O)c3cccs3)nc12. The lowest BCUT2D eigenvalue weighted by molar-refractivity contribution is -0.123. The number of hydrogen-bond donors (Lipinski definition) is 0. The Labute approximate surface area is 210 Å². The summed E-state index contributed by atoms with van der Waals surface area (Å²) in [6.07, 6.45) is 3.48. The third kappa shape index (κ3) is 4.29. The molecule has 1 saturated heterocycles. The number of furan rings is 1. The smallest absolute Gasteiger partial charge is 0.253 e. The molecule has 3 aromatic heterocycles. The van der Waals surface area contributed by atoms with Crippen LogP contribution in [0.2, 0.25) is 5.02 Å². The third-order valence-electron chi connectivity index (χ3n) is 5.87. The molecule has 1 fully saturated rings. The zero-order valence-electron chi connectivity index (χ0n) is 18.3. The van der Waals surface area contributed by atoms with E-state index >= 15 is 0 Å². The van der Waals surface area contributed by atoms with Gasteiger partial charge in [0.15, 0.2) is 5.13 Å². The van der Waals surface area contributed by atoms with Gasteiger partial charge in [0.2, 0.25) is 5.91 Å². The van der Waals surface area contributed by atoms with Gasteiger partial charge in [-0.15, -0.1) is 11.3 Å². The van der Waals surface area contributed by atoms with E-state index in [0.29, 0.717) is 35.3 Å².